The molecule has 3 nitrogen and oxygen atoms in total. The first kappa shape index (κ1) is 10.9. The van der Waals surface area contributed by atoms with Crippen LogP contribution in [0.1, 0.15) is 38.5 Å². The van der Waals surface area contributed by atoms with Gasteiger partial charge in [0.15, 0.2) is 0 Å². The molecule has 1 saturated heterocycles. The van der Waals surface area contributed by atoms with Gasteiger partial charge in [0.2, 0.25) is 0 Å². The molecule has 0 amide bonds. The summed E-state index contributed by atoms with van der Waals surface area (Å²) in [4.78, 5) is 13.6. The fraction of sp³-hybridized carbons (Fsp3) is 0.917. The highest BCUT2D eigenvalue weighted by Crippen LogP contribution is 2.31. The predicted molar refractivity (Wildman–Crippen MR) is 58.8 cm³/mol. The molecular formula is C12H21NO2. The summed E-state index contributed by atoms with van der Waals surface area (Å²) in [6.45, 7) is 3.39. The van der Waals surface area contributed by atoms with E-state index in [0.717, 1.165) is 25.8 Å². The monoisotopic (exact) mass is 211 g/mol. The summed E-state index contributed by atoms with van der Waals surface area (Å²) >= 11 is 0. The van der Waals surface area contributed by atoms with Crippen LogP contribution < -0.4 is 0 Å². The van der Waals surface area contributed by atoms with Crippen molar-refractivity contribution in [2.45, 2.75) is 38.5 Å². The normalized spacial score (nSPS) is 33.1. The van der Waals surface area contributed by atoms with Crippen molar-refractivity contribution in [3.63, 3.8) is 0 Å². The van der Waals surface area contributed by atoms with Gasteiger partial charge in [0.25, 0.3) is 0 Å². The second-order valence-corrected chi connectivity index (χ2v) is 5.00. The van der Waals surface area contributed by atoms with Gasteiger partial charge in [-0.25, -0.2) is 0 Å². The van der Waals surface area contributed by atoms with E-state index < -0.39 is 5.97 Å². The Balaban J connectivity index is 1.89. The van der Waals surface area contributed by atoms with Crippen molar-refractivity contribution in [2.75, 3.05) is 19.6 Å². The molecule has 1 N–H and O–H groups in total. The van der Waals surface area contributed by atoms with E-state index in [0.29, 0.717) is 5.92 Å². The van der Waals surface area contributed by atoms with Gasteiger partial charge in [0.1, 0.15) is 0 Å². The van der Waals surface area contributed by atoms with Crippen molar-refractivity contribution in [3.8, 4) is 0 Å². The Hall–Kier alpha value is -0.570. The summed E-state index contributed by atoms with van der Waals surface area (Å²) in [5.74, 6) is -0.229. The molecule has 0 aromatic carbocycles. The SMILES string of the molecule is O=C(O)C1CCCCC1CN1CCCC1. The number of nitrogens with zero attached hydrogens (tertiary/aromatic N) is 1. The maximum Gasteiger partial charge on any atom is 0.306 e. The van der Waals surface area contributed by atoms with Gasteiger partial charge >= 0.3 is 5.97 Å². The lowest BCUT2D eigenvalue weighted by Crippen LogP contribution is -2.36. The van der Waals surface area contributed by atoms with E-state index in [9.17, 15) is 4.79 Å². The smallest absolute Gasteiger partial charge is 0.306 e. The lowest BCUT2D eigenvalue weighted by molar-refractivity contribution is -0.145. The third kappa shape index (κ3) is 2.71. The van der Waals surface area contributed by atoms with E-state index in [1.165, 1.54) is 32.4 Å². The summed E-state index contributed by atoms with van der Waals surface area (Å²) in [5, 5.41) is 9.16. The third-order valence-corrected chi connectivity index (χ3v) is 3.92. The highest BCUT2D eigenvalue weighted by Gasteiger charge is 2.32. The number of aliphatic carboxylic acids is 1. The van der Waals surface area contributed by atoms with Gasteiger partial charge in [-0.05, 0) is 44.7 Å². The van der Waals surface area contributed by atoms with E-state index in [1.807, 2.05) is 0 Å². The molecule has 1 saturated carbocycles. The molecule has 2 atom stereocenters. The first-order valence-corrected chi connectivity index (χ1v) is 6.22. The second kappa shape index (κ2) is 4.97. The molecule has 0 aromatic heterocycles. The van der Waals surface area contributed by atoms with Crippen LogP contribution in [0, 0.1) is 11.8 Å². The fourth-order valence-electron chi connectivity index (χ4n) is 3.05. The molecule has 0 spiro atoms. The maximum atomic E-state index is 11.1. The molecule has 3 heteroatoms. The van der Waals surface area contributed by atoms with Crippen molar-refractivity contribution in [2.24, 2.45) is 11.8 Å². The van der Waals surface area contributed by atoms with Crippen LogP contribution in [0.5, 0.6) is 0 Å². The van der Waals surface area contributed by atoms with Crippen molar-refractivity contribution in [1.29, 1.82) is 0 Å². The Bertz CT molecular complexity index is 224. The van der Waals surface area contributed by atoms with Crippen LogP contribution in [-0.2, 0) is 4.79 Å². The quantitative estimate of drug-likeness (QED) is 0.776. The van der Waals surface area contributed by atoms with Crippen LogP contribution in [0.15, 0.2) is 0 Å². The minimum absolute atomic E-state index is 0.0700. The Morgan fingerprint density at radius 3 is 2.47 bits per heavy atom. The predicted octanol–water partition coefficient (Wildman–Crippen LogP) is 1.97. The average molecular weight is 211 g/mol. The summed E-state index contributed by atoms with van der Waals surface area (Å²) < 4.78 is 0. The van der Waals surface area contributed by atoms with E-state index in [1.54, 1.807) is 0 Å². The van der Waals surface area contributed by atoms with Crippen LogP contribution in [0.25, 0.3) is 0 Å². The van der Waals surface area contributed by atoms with E-state index in [-0.39, 0.29) is 5.92 Å². The van der Waals surface area contributed by atoms with Gasteiger partial charge in [0.05, 0.1) is 5.92 Å². The molecule has 2 fully saturated rings. The molecule has 0 bridgehead atoms. The Morgan fingerprint density at radius 2 is 1.80 bits per heavy atom. The number of hydrogen-bond donors (Lipinski definition) is 1. The van der Waals surface area contributed by atoms with Crippen LogP contribution in [0.2, 0.25) is 0 Å². The molecule has 15 heavy (non-hydrogen) atoms. The van der Waals surface area contributed by atoms with Crippen molar-refractivity contribution in [3.05, 3.63) is 0 Å². The number of rotatable bonds is 3. The third-order valence-electron chi connectivity index (χ3n) is 3.92. The standard InChI is InChI=1S/C12H21NO2/c14-12(15)11-6-2-1-5-10(11)9-13-7-3-4-8-13/h10-11H,1-9H2,(H,14,15). The first-order valence-electron chi connectivity index (χ1n) is 6.22. The number of carbonyl (C=O) groups is 1. The minimum atomic E-state index is -0.570. The van der Waals surface area contributed by atoms with Crippen LogP contribution in [-0.4, -0.2) is 35.6 Å². The molecule has 0 aromatic rings. The van der Waals surface area contributed by atoms with Crippen molar-refractivity contribution in [1.82, 2.24) is 4.90 Å². The van der Waals surface area contributed by atoms with Gasteiger partial charge < -0.3 is 10.0 Å². The van der Waals surface area contributed by atoms with Crippen LogP contribution in [0.3, 0.4) is 0 Å². The lowest BCUT2D eigenvalue weighted by Gasteiger charge is -2.31. The molecule has 1 aliphatic carbocycles. The van der Waals surface area contributed by atoms with Crippen molar-refractivity contribution < 1.29 is 9.90 Å². The molecule has 0 radical (unpaired) electrons. The minimum Gasteiger partial charge on any atom is -0.481 e. The van der Waals surface area contributed by atoms with Gasteiger partial charge in [-0.1, -0.05) is 12.8 Å². The topological polar surface area (TPSA) is 40.5 Å². The molecule has 1 aliphatic heterocycles. The summed E-state index contributed by atoms with van der Waals surface area (Å²) in [5.41, 5.74) is 0. The molecule has 86 valence electrons. The summed E-state index contributed by atoms with van der Waals surface area (Å²) in [6, 6.07) is 0. The van der Waals surface area contributed by atoms with E-state index in [4.69, 9.17) is 5.11 Å². The molecule has 2 unspecified atom stereocenters. The number of hydrogen-bond acceptors (Lipinski definition) is 2. The first-order chi connectivity index (χ1) is 7.27. The Labute approximate surface area is 91.5 Å². The van der Waals surface area contributed by atoms with Gasteiger partial charge in [-0.3, -0.25) is 4.79 Å². The highest BCUT2D eigenvalue weighted by atomic mass is 16.4. The molecule has 1 heterocycles. The zero-order valence-corrected chi connectivity index (χ0v) is 9.32. The number of likely N-dealkylation sites (tertiary alicyclic amines) is 1. The maximum absolute atomic E-state index is 11.1. The van der Waals surface area contributed by atoms with E-state index >= 15 is 0 Å². The van der Waals surface area contributed by atoms with Crippen LogP contribution in [0.4, 0.5) is 0 Å². The zero-order valence-electron chi connectivity index (χ0n) is 9.32. The van der Waals surface area contributed by atoms with Crippen molar-refractivity contribution >= 4 is 5.97 Å². The molecular weight excluding hydrogens is 190 g/mol. The van der Waals surface area contributed by atoms with Gasteiger partial charge in [-0.15, -0.1) is 0 Å². The average Bonchev–Trinajstić information content (AvgIpc) is 2.71. The van der Waals surface area contributed by atoms with Gasteiger partial charge in [0, 0.05) is 6.54 Å². The molecule has 2 rings (SSSR count). The largest absolute Gasteiger partial charge is 0.481 e. The Kier molecular flexibility index (Phi) is 3.62. The summed E-state index contributed by atoms with van der Waals surface area (Å²) in [6.07, 6.45) is 6.94. The zero-order chi connectivity index (χ0) is 10.7. The highest BCUT2D eigenvalue weighted by molar-refractivity contribution is 5.70. The Morgan fingerprint density at radius 1 is 1.13 bits per heavy atom. The second-order valence-electron chi connectivity index (χ2n) is 5.00. The summed E-state index contributed by atoms with van der Waals surface area (Å²) in [7, 11) is 0. The number of carboxylic acid groups (broad SMARTS) is 1. The lowest BCUT2D eigenvalue weighted by atomic mass is 9.79. The number of carboxylic acids is 1. The van der Waals surface area contributed by atoms with E-state index in [2.05, 4.69) is 4.90 Å². The van der Waals surface area contributed by atoms with Crippen LogP contribution >= 0.6 is 0 Å². The molecule has 2 aliphatic rings. The fourth-order valence-corrected chi connectivity index (χ4v) is 3.05. The van der Waals surface area contributed by atoms with Gasteiger partial charge in [-0.2, -0.15) is 0 Å².